The molecule has 0 unspecified atom stereocenters. The number of rotatable bonds is 1. The summed E-state index contributed by atoms with van der Waals surface area (Å²) in [5.41, 5.74) is 14.4. The maximum absolute atomic E-state index is 6.50. The second-order valence-corrected chi connectivity index (χ2v) is 19.3. The molecule has 2 aliphatic heterocycles. The van der Waals surface area contributed by atoms with Crippen LogP contribution < -0.4 is 0 Å². The normalized spacial score (nSPS) is 13.8. The van der Waals surface area contributed by atoms with Gasteiger partial charge >= 0.3 is 0 Å². The first kappa shape index (κ1) is 32.9. The predicted octanol–water partition coefficient (Wildman–Crippen LogP) is 13.5. The van der Waals surface area contributed by atoms with E-state index in [0.717, 1.165) is 44.3 Å². The van der Waals surface area contributed by atoms with Crippen LogP contribution in [0.25, 0.3) is 71.5 Å². The molecule has 0 radical (unpaired) electrons. The van der Waals surface area contributed by atoms with Gasteiger partial charge in [-0.05, 0) is 105 Å². The zero-order valence-corrected chi connectivity index (χ0v) is 32.9. The van der Waals surface area contributed by atoms with E-state index >= 15 is 0 Å². The lowest BCUT2D eigenvalue weighted by Gasteiger charge is -2.29. The van der Waals surface area contributed by atoms with Crippen LogP contribution in [0.1, 0.15) is 105 Å². The first-order valence-corrected chi connectivity index (χ1v) is 18.9. The average molecular weight is 686 g/mol. The number of hydrogen-bond donors (Lipinski definition) is 0. The van der Waals surface area contributed by atoms with Gasteiger partial charge in [0.25, 0.3) is 0 Å². The molecule has 5 aromatic carbocycles. The number of aromatic nitrogens is 3. The summed E-state index contributed by atoms with van der Waals surface area (Å²) in [5, 5.41) is 6.06. The van der Waals surface area contributed by atoms with Gasteiger partial charge in [0.15, 0.2) is 0 Å². The van der Waals surface area contributed by atoms with Crippen LogP contribution in [-0.4, -0.2) is 13.8 Å². The molecule has 0 bridgehead atoms. The molecule has 2 aromatic heterocycles. The molecule has 264 valence electrons. The van der Waals surface area contributed by atoms with Crippen molar-refractivity contribution < 1.29 is 4.42 Å². The minimum absolute atomic E-state index is 0.0199. The first-order valence-electron chi connectivity index (χ1n) is 18.9. The Morgan fingerprint density at radius 3 is 1.65 bits per heavy atom. The third kappa shape index (κ3) is 4.65. The van der Waals surface area contributed by atoms with Crippen molar-refractivity contribution in [2.75, 3.05) is 0 Å². The van der Waals surface area contributed by atoms with E-state index < -0.39 is 0 Å². The van der Waals surface area contributed by atoms with Gasteiger partial charge in [0.05, 0.1) is 44.9 Å². The molecule has 0 spiro atoms. The van der Waals surface area contributed by atoms with Crippen molar-refractivity contribution in [1.29, 1.82) is 0 Å². The Hall–Kier alpha value is -4.96. The topological polar surface area (TPSA) is 27.4 Å². The fourth-order valence-corrected chi connectivity index (χ4v) is 8.34. The number of benzene rings is 5. The van der Waals surface area contributed by atoms with Gasteiger partial charge in [0.2, 0.25) is 0 Å². The molecular weight excluding hydrogens is 635 g/mol. The Morgan fingerprint density at radius 1 is 0.462 bits per heavy atom. The minimum atomic E-state index is -0.0515. The average Bonchev–Trinajstić information content (AvgIpc) is 3.67. The lowest BCUT2D eigenvalue weighted by atomic mass is 9.84. The molecule has 9 rings (SSSR count). The van der Waals surface area contributed by atoms with Gasteiger partial charge < -0.3 is 8.98 Å². The van der Waals surface area contributed by atoms with E-state index in [4.69, 9.17) is 4.42 Å². The summed E-state index contributed by atoms with van der Waals surface area (Å²) in [4.78, 5) is 0. The zero-order valence-electron chi connectivity index (χ0n) is 32.9. The summed E-state index contributed by atoms with van der Waals surface area (Å²) in [6.07, 6.45) is 1.86. The predicted molar refractivity (Wildman–Crippen MR) is 222 cm³/mol. The smallest absolute Gasteiger partial charge is 0.144 e. The van der Waals surface area contributed by atoms with Crippen molar-refractivity contribution in [3.05, 3.63) is 113 Å². The van der Waals surface area contributed by atoms with Gasteiger partial charge in [-0.3, -0.25) is 0 Å². The van der Waals surface area contributed by atoms with E-state index in [1.165, 1.54) is 49.4 Å². The van der Waals surface area contributed by atoms with Crippen LogP contribution >= 0.6 is 0 Å². The monoisotopic (exact) mass is 685 g/mol. The highest BCUT2D eigenvalue weighted by Crippen LogP contribution is 2.47. The molecule has 4 heteroatoms. The molecule has 4 heterocycles. The highest BCUT2D eigenvalue weighted by atomic mass is 16.3. The number of fused-ring (bicyclic) bond motifs is 9. The second-order valence-electron chi connectivity index (χ2n) is 19.3. The summed E-state index contributed by atoms with van der Waals surface area (Å²) in [7, 11) is 0. The Balaban J connectivity index is 1.61. The Labute approximate surface area is 306 Å². The molecule has 4 nitrogen and oxygen atoms in total. The lowest BCUT2D eigenvalue weighted by molar-refractivity contribution is 0.590. The van der Waals surface area contributed by atoms with Gasteiger partial charge in [0, 0.05) is 27.2 Å². The van der Waals surface area contributed by atoms with Crippen molar-refractivity contribution in [2.45, 2.75) is 105 Å². The summed E-state index contributed by atoms with van der Waals surface area (Å²) >= 11 is 0. The summed E-state index contributed by atoms with van der Waals surface area (Å²) < 4.78 is 14.0. The van der Waals surface area contributed by atoms with E-state index in [1.807, 2.05) is 6.26 Å². The molecule has 7 aromatic rings. The Morgan fingerprint density at radius 2 is 1.02 bits per heavy atom. The van der Waals surface area contributed by atoms with Crippen LogP contribution in [0, 0.1) is 0 Å². The van der Waals surface area contributed by atoms with Crippen molar-refractivity contribution in [2.24, 2.45) is 0 Å². The van der Waals surface area contributed by atoms with Gasteiger partial charge in [-0.25, -0.2) is 9.20 Å². The zero-order chi connectivity index (χ0) is 36.9. The number of hydrogen-bond acceptors (Lipinski definition) is 1. The molecule has 0 saturated heterocycles. The van der Waals surface area contributed by atoms with Crippen LogP contribution in [0.4, 0.5) is 0 Å². The van der Waals surface area contributed by atoms with Crippen LogP contribution in [-0.2, 0) is 21.7 Å². The maximum atomic E-state index is 6.50. The van der Waals surface area contributed by atoms with Crippen LogP contribution in [0.2, 0.25) is 0 Å². The van der Waals surface area contributed by atoms with Crippen LogP contribution in [0.5, 0.6) is 0 Å². The SMILES string of the molecule is CC(C)(C)c1ccc(-n2c3cc4ccoc4c4c3-n(c3cc(C(C)(C)C)ccc32)n2c3ccc(C(C)(C)C)cc3c3cc(C(C)(C)C)cc4c32)cc1. The maximum Gasteiger partial charge on any atom is 0.144 e. The van der Waals surface area contributed by atoms with Crippen molar-refractivity contribution in [3.63, 3.8) is 0 Å². The fraction of sp³-hybridized carbons (Fsp3) is 0.333. The Kier molecular flexibility index (Phi) is 6.54. The minimum Gasteiger partial charge on any atom is -0.464 e. The van der Waals surface area contributed by atoms with Crippen molar-refractivity contribution >= 4 is 60.1 Å². The van der Waals surface area contributed by atoms with Crippen LogP contribution in [0.15, 0.2) is 95.6 Å². The van der Waals surface area contributed by atoms with E-state index in [0.29, 0.717) is 0 Å². The summed E-state index contributed by atoms with van der Waals surface area (Å²) in [5.74, 6) is 0. The molecule has 0 aliphatic carbocycles. The quantitative estimate of drug-likeness (QED) is 0.125. The number of furan rings is 1. The van der Waals surface area contributed by atoms with Gasteiger partial charge in [-0.1, -0.05) is 107 Å². The lowest BCUT2D eigenvalue weighted by Crippen LogP contribution is -2.19. The molecule has 52 heavy (non-hydrogen) atoms. The fourth-order valence-electron chi connectivity index (χ4n) is 8.34. The highest BCUT2D eigenvalue weighted by molar-refractivity contribution is 6.25. The molecule has 0 fully saturated rings. The van der Waals surface area contributed by atoms with Gasteiger partial charge in [0.1, 0.15) is 5.58 Å². The molecule has 0 saturated carbocycles. The molecular formula is C48H51N3O. The highest BCUT2D eigenvalue weighted by Gasteiger charge is 2.30. The third-order valence-corrected chi connectivity index (χ3v) is 11.5. The molecule has 0 atom stereocenters. The molecule has 0 N–H and O–H groups in total. The molecule has 0 amide bonds. The van der Waals surface area contributed by atoms with E-state index in [-0.39, 0.29) is 21.7 Å². The second kappa shape index (κ2) is 10.3. The van der Waals surface area contributed by atoms with Crippen LogP contribution in [0.3, 0.4) is 0 Å². The van der Waals surface area contributed by atoms with Crippen molar-refractivity contribution in [1.82, 2.24) is 13.8 Å². The van der Waals surface area contributed by atoms with E-state index in [2.05, 4.69) is 182 Å². The van der Waals surface area contributed by atoms with Crippen molar-refractivity contribution in [3.8, 4) is 11.4 Å². The third-order valence-electron chi connectivity index (χ3n) is 11.5. The largest absolute Gasteiger partial charge is 0.464 e. The number of nitrogens with zero attached hydrogens (tertiary/aromatic N) is 3. The summed E-state index contributed by atoms with van der Waals surface area (Å²) in [6, 6.07) is 32.8. The first-order chi connectivity index (χ1) is 24.3. The summed E-state index contributed by atoms with van der Waals surface area (Å²) in [6.45, 7) is 27.7. The van der Waals surface area contributed by atoms with Gasteiger partial charge in [-0.2, -0.15) is 0 Å². The van der Waals surface area contributed by atoms with Gasteiger partial charge in [-0.15, -0.1) is 0 Å². The standard InChI is InChI=1S/C48H51N3O/c1-45(2,3)29-13-17-33(18-14-29)49-38-20-16-31(47(7,8)9)27-39(38)51-43-40(49)23-28-21-22-52-44(28)41(43)36-26-32(48(10,11)12)25-35-34-24-30(46(4,5)6)15-19-37(34)50(51)42(35)36/h13-27H,1-12H3. The Bertz CT molecular complexity index is 2850. The van der Waals surface area contributed by atoms with E-state index in [1.54, 1.807) is 0 Å². The molecule has 2 aliphatic rings. The van der Waals surface area contributed by atoms with E-state index in [9.17, 15) is 0 Å².